The molecule has 0 saturated carbocycles. The SMILES string of the molecule is CCC(N)(CC)c1ccsc1C. The molecule has 1 nitrogen and oxygen atoms in total. The van der Waals surface area contributed by atoms with Crippen molar-refractivity contribution < 1.29 is 0 Å². The summed E-state index contributed by atoms with van der Waals surface area (Å²) in [6.07, 6.45) is 2.03. The molecule has 0 amide bonds. The first-order valence-electron chi connectivity index (χ1n) is 4.47. The van der Waals surface area contributed by atoms with E-state index in [2.05, 4.69) is 32.2 Å². The van der Waals surface area contributed by atoms with Gasteiger partial charge in [0.05, 0.1) is 0 Å². The van der Waals surface area contributed by atoms with Crippen LogP contribution in [0.5, 0.6) is 0 Å². The summed E-state index contributed by atoms with van der Waals surface area (Å²) in [7, 11) is 0. The van der Waals surface area contributed by atoms with Crippen molar-refractivity contribution in [1.82, 2.24) is 0 Å². The summed E-state index contributed by atoms with van der Waals surface area (Å²) in [6, 6.07) is 2.16. The van der Waals surface area contributed by atoms with Crippen LogP contribution in [-0.4, -0.2) is 0 Å². The van der Waals surface area contributed by atoms with Crippen LogP contribution in [0.4, 0.5) is 0 Å². The molecule has 0 radical (unpaired) electrons. The monoisotopic (exact) mass is 183 g/mol. The molecule has 1 aromatic rings. The van der Waals surface area contributed by atoms with Gasteiger partial charge in [-0.2, -0.15) is 0 Å². The highest BCUT2D eigenvalue weighted by molar-refractivity contribution is 7.10. The molecule has 0 aliphatic carbocycles. The zero-order valence-electron chi connectivity index (χ0n) is 8.05. The van der Waals surface area contributed by atoms with E-state index in [0.29, 0.717) is 0 Å². The highest BCUT2D eigenvalue weighted by Crippen LogP contribution is 2.30. The zero-order chi connectivity index (χ0) is 9.19. The Kier molecular flexibility index (Phi) is 2.91. The Labute approximate surface area is 78.6 Å². The largest absolute Gasteiger partial charge is 0.321 e. The lowest BCUT2D eigenvalue weighted by atomic mass is 9.86. The van der Waals surface area contributed by atoms with Crippen LogP contribution < -0.4 is 5.73 Å². The molecule has 1 rings (SSSR count). The van der Waals surface area contributed by atoms with Crippen LogP contribution in [0.15, 0.2) is 11.4 Å². The number of rotatable bonds is 3. The molecule has 68 valence electrons. The molecule has 12 heavy (non-hydrogen) atoms. The fourth-order valence-electron chi connectivity index (χ4n) is 1.53. The van der Waals surface area contributed by atoms with Crippen LogP contribution in [0.2, 0.25) is 0 Å². The first kappa shape index (κ1) is 9.75. The summed E-state index contributed by atoms with van der Waals surface area (Å²) in [6.45, 7) is 6.45. The third kappa shape index (κ3) is 1.54. The predicted octanol–water partition coefficient (Wildman–Crippen LogP) is 3.03. The quantitative estimate of drug-likeness (QED) is 0.766. The van der Waals surface area contributed by atoms with Gasteiger partial charge in [-0.05, 0) is 36.8 Å². The third-order valence-corrected chi connectivity index (χ3v) is 3.50. The zero-order valence-corrected chi connectivity index (χ0v) is 8.87. The Morgan fingerprint density at radius 2 is 2.00 bits per heavy atom. The van der Waals surface area contributed by atoms with Gasteiger partial charge in [0.1, 0.15) is 0 Å². The first-order chi connectivity index (χ1) is 5.64. The van der Waals surface area contributed by atoms with E-state index in [1.165, 1.54) is 10.4 Å². The minimum Gasteiger partial charge on any atom is -0.321 e. The number of hydrogen-bond acceptors (Lipinski definition) is 2. The van der Waals surface area contributed by atoms with Gasteiger partial charge in [0.25, 0.3) is 0 Å². The molecule has 0 spiro atoms. The van der Waals surface area contributed by atoms with Crippen molar-refractivity contribution in [2.45, 2.75) is 39.2 Å². The standard InChI is InChI=1S/C10H17NS/c1-4-10(11,5-2)9-6-7-12-8(9)3/h6-7H,4-5,11H2,1-3H3. The summed E-state index contributed by atoms with van der Waals surface area (Å²) in [5.41, 5.74) is 7.51. The fourth-order valence-corrected chi connectivity index (χ4v) is 2.34. The topological polar surface area (TPSA) is 26.0 Å². The Morgan fingerprint density at radius 3 is 2.33 bits per heavy atom. The number of thiophene rings is 1. The Balaban J connectivity index is 3.02. The van der Waals surface area contributed by atoms with Gasteiger partial charge in [0.2, 0.25) is 0 Å². The Bertz CT molecular complexity index is 248. The Morgan fingerprint density at radius 1 is 1.42 bits per heavy atom. The maximum absolute atomic E-state index is 6.27. The highest BCUT2D eigenvalue weighted by Gasteiger charge is 2.24. The number of hydrogen-bond donors (Lipinski definition) is 1. The molecule has 0 bridgehead atoms. The molecule has 0 unspecified atom stereocenters. The van der Waals surface area contributed by atoms with E-state index in [0.717, 1.165) is 12.8 Å². The predicted molar refractivity (Wildman–Crippen MR) is 55.5 cm³/mol. The molecule has 0 atom stereocenters. The average Bonchev–Trinajstić information content (AvgIpc) is 2.51. The molecule has 2 heteroatoms. The number of nitrogens with two attached hydrogens (primary N) is 1. The van der Waals surface area contributed by atoms with Gasteiger partial charge < -0.3 is 5.73 Å². The van der Waals surface area contributed by atoms with E-state index in [1.807, 2.05) is 0 Å². The lowest BCUT2D eigenvalue weighted by molar-refractivity contribution is 0.412. The Hall–Kier alpha value is -0.340. The van der Waals surface area contributed by atoms with Gasteiger partial charge in [-0.25, -0.2) is 0 Å². The van der Waals surface area contributed by atoms with E-state index in [-0.39, 0.29) is 5.54 Å². The second kappa shape index (κ2) is 3.58. The molecule has 1 aromatic heterocycles. The van der Waals surface area contributed by atoms with Gasteiger partial charge in [0, 0.05) is 10.4 Å². The third-order valence-electron chi connectivity index (χ3n) is 2.66. The van der Waals surface area contributed by atoms with Gasteiger partial charge >= 0.3 is 0 Å². The summed E-state index contributed by atoms with van der Waals surface area (Å²) < 4.78 is 0. The molecule has 0 fully saturated rings. The smallest absolute Gasteiger partial charge is 0.0415 e. The maximum Gasteiger partial charge on any atom is 0.0415 e. The number of aryl methyl sites for hydroxylation is 1. The maximum atomic E-state index is 6.27. The van der Waals surface area contributed by atoms with E-state index >= 15 is 0 Å². The molecule has 0 aliphatic rings. The molecule has 1 heterocycles. The highest BCUT2D eigenvalue weighted by atomic mass is 32.1. The van der Waals surface area contributed by atoms with Gasteiger partial charge in [-0.3, -0.25) is 0 Å². The van der Waals surface area contributed by atoms with Crippen molar-refractivity contribution >= 4 is 11.3 Å². The van der Waals surface area contributed by atoms with Crippen molar-refractivity contribution in [3.63, 3.8) is 0 Å². The average molecular weight is 183 g/mol. The van der Waals surface area contributed by atoms with E-state index < -0.39 is 0 Å². The molecule has 0 aromatic carbocycles. The molecule has 0 aliphatic heterocycles. The lowest BCUT2D eigenvalue weighted by Crippen LogP contribution is -2.35. The van der Waals surface area contributed by atoms with Crippen molar-refractivity contribution in [1.29, 1.82) is 0 Å². The molecule has 2 N–H and O–H groups in total. The summed E-state index contributed by atoms with van der Waals surface area (Å²) in [5.74, 6) is 0. The van der Waals surface area contributed by atoms with Crippen molar-refractivity contribution in [2.75, 3.05) is 0 Å². The van der Waals surface area contributed by atoms with Crippen LogP contribution in [0.25, 0.3) is 0 Å². The van der Waals surface area contributed by atoms with Gasteiger partial charge in [-0.15, -0.1) is 11.3 Å². The minimum atomic E-state index is -0.0932. The van der Waals surface area contributed by atoms with Crippen LogP contribution >= 0.6 is 11.3 Å². The normalized spacial score (nSPS) is 12.0. The van der Waals surface area contributed by atoms with Gasteiger partial charge in [0.15, 0.2) is 0 Å². The van der Waals surface area contributed by atoms with Crippen LogP contribution in [0, 0.1) is 6.92 Å². The van der Waals surface area contributed by atoms with E-state index in [1.54, 1.807) is 11.3 Å². The van der Waals surface area contributed by atoms with Crippen molar-refractivity contribution in [3.8, 4) is 0 Å². The van der Waals surface area contributed by atoms with Gasteiger partial charge in [-0.1, -0.05) is 13.8 Å². The van der Waals surface area contributed by atoms with Crippen LogP contribution in [0.3, 0.4) is 0 Å². The summed E-state index contributed by atoms with van der Waals surface area (Å²) in [5, 5.41) is 2.12. The summed E-state index contributed by atoms with van der Waals surface area (Å²) in [4.78, 5) is 1.36. The van der Waals surface area contributed by atoms with Crippen molar-refractivity contribution in [3.05, 3.63) is 21.9 Å². The molecule has 0 saturated heterocycles. The minimum absolute atomic E-state index is 0.0932. The van der Waals surface area contributed by atoms with E-state index in [4.69, 9.17) is 5.73 Å². The second-order valence-electron chi connectivity index (χ2n) is 3.25. The van der Waals surface area contributed by atoms with Crippen LogP contribution in [0.1, 0.15) is 37.1 Å². The molecular formula is C10H17NS. The lowest BCUT2D eigenvalue weighted by Gasteiger charge is -2.26. The first-order valence-corrected chi connectivity index (χ1v) is 5.35. The summed E-state index contributed by atoms with van der Waals surface area (Å²) >= 11 is 1.78. The fraction of sp³-hybridized carbons (Fsp3) is 0.600. The molecular weight excluding hydrogens is 166 g/mol. The van der Waals surface area contributed by atoms with Crippen molar-refractivity contribution in [2.24, 2.45) is 5.73 Å². The second-order valence-corrected chi connectivity index (χ2v) is 4.37. The van der Waals surface area contributed by atoms with E-state index in [9.17, 15) is 0 Å². The van der Waals surface area contributed by atoms with Crippen LogP contribution in [-0.2, 0) is 5.54 Å².